The zero-order valence-corrected chi connectivity index (χ0v) is 20.9. The third kappa shape index (κ3) is 3.42. The normalized spacial score (nSPS) is 11.6. The van der Waals surface area contributed by atoms with Crippen LogP contribution in [0.4, 0.5) is 0 Å². The second-order valence-electron chi connectivity index (χ2n) is 9.62. The fourth-order valence-corrected chi connectivity index (χ4v) is 5.60. The SMILES string of the molecule is c1ccc(-c2ccc(-c3nc(-c4cccc5oc6ccccc6c45)c4ccccc4n3)c3ncccc23)cc1. The summed E-state index contributed by atoms with van der Waals surface area (Å²) in [6, 6.07) is 41.3. The first kappa shape index (κ1) is 21.7. The Morgan fingerprint density at radius 3 is 2.15 bits per heavy atom. The van der Waals surface area contributed by atoms with Crippen molar-refractivity contribution in [3.63, 3.8) is 0 Å². The van der Waals surface area contributed by atoms with Gasteiger partial charge >= 0.3 is 0 Å². The van der Waals surface area contributed by atoms with Gasteiger partial charge in [-0.2, -0.15) is 0 Å². The summed E-state index contributed by atoms with van der Waals surface area (Å²) in [5, 5.41) is 4.21. The van der Waals surface area contributed by atoms with E-state index in [1.807, 2.05) is 66.9 Å². The van der Waals surface area contributed by atoms with Crippen molar-refractivity contribution in [1.82, 2.24) is 15.0 Å². The molecular weight excluding hydrogens is 478 g/mol. The monoisotopic (exact) mass is 499 g/mol. The van der Waals surface area contributed by atoms with E-state index >= 15 is 0 Å². The minimum absolute atomic E-state index is 0.650. The van der Waals surface area contributed by atoms with E-state index in [-0.39, 0.29) is 0 Å². The highest BCUT2D eigenvalue weighted by molar-refractivity contribution is 6.14. The number of fused-ring (bicyclic) bond motifs is 5. The van der Waals surface area contributed by atoms with Gasteiger partial charge in [0.05, 0.1) is 16.7 Å². The largest absolute Gasteiger partial charge is 0.456 e. The van der Waals surface area contributed by atoms with Crippen LogP contribution in [0, 0.1) is 0 Å². The Labute approximate surface area is 224 Å². The first-order chi connectivity index (χ1) is 19.3. The van der Waals surface area contributed by atoms with Gasteiger partial charge in [0.1, 0.15) is 11.2 Å². The van der Waals surface area contributed by atoms with Crippen LogP contribution in [-0.2, 0) is 0 Å². The van der Waals surface area contributed by atoms with Crippen LogP contribution in [-0.4, -0.2) is 15.0 Å². The molecule has 8 aromatic rings. The fourth-order valence-electron chi connectivity index (χ4n) is 5.60. The van der Waals surface area contributed by atoms with Crippen molar-refractivity contribution >= 4 is 43.7 Å². The van der Waals surface area contributed by atoms with Crippen molar-refractivity contribution in [2.75, 3.05) is 0 Å². The molecule has 0 saturated heterocycles. The Bertz CT molecular complexity index is 2180. The highest BCUT2D eigenvalue weighted by Gasteiger charge is 2.19. The first-order valence-electron chi connectivity index (χ1n) is 13.0. The molecule has 8 rings (SSSR count). The summed E-state index contributed by atoms with van der Waals surface area (Å²) >= 11 is 0. The second-order valence-corrected chi connectivity index (χ2v) is 9.62. The van der Waals surface area contributed by atoms with Crippen molar-refractivity contribution in [3.8, 4) is 33.8 Å². The van der Waals surface area contributed by atoms with Crippen molar-refractivity contribution in [2.45, 2.75) is 0 Å². The van der Waals surface area contributed by atoms with Crippen LogP contribution in [0.25, 0.3) is 77.5 Å². The van der Waals surface area contributed by atoms with Gasteiger partial charge in [0, 0.05) is 38.9 Å². The summed E-state index contributed by atoms with van der Waals surface area (Å²) in [6.45, 7) is 0. The molecule has 0 aliphatic rings. The zero-order chi connectivity index (χ0) is 25.8. The molecule has 0 unspecified atom stereocenters. The standard InChI is InChI=1S/C35H21N3O/c1-2-10-22(11-3-1)23-19-20-28(33-24(23)15-9-21-36-33)35-37-29-16-6-4-12-25(29)34(38-35)27-14-8-18-31-32(27)26-13-5-7-17-30(26)39-31/h1-21H. The molecule has 0 aliphatic carbocycles. The predicted molar refractivity (Wildman–Crippen MR) is 158 cm³/mol. The number of rotatable bonds is 3. The molecule has 0 radical (unpaired) electrons. The summed E-state index contributed by atoms with van der Waals surface area (Å²) in [7, 11) is 0. The Morgan fingerprint density at radius 2 is 1.23 bits per heavy atom. The Hall–Kier alpha value is -5.35. The highest BCUT2D eigenvalue weighted by atomic mass is 16.3. The quantitative estimate of drug-likeness (QED) is 0.243. The minimum Gasteiger partial charge on any atom is -0.456 e. The van der Waals surface area contributed by atoms with Crippen LogP contribution in [0.2, 0.25) is 0 Å². The number of para-hydroxylation sites is 2. The van der Waals surface area contributed by atoms with Gasteiger partial charge < -0.3 is 4.42 Å². The molecule has 0 amide bonds. The van der Waals surface area contributed by atoms with Crippen LogP contribution in [0.15, 0.2) is 132 Å². The molecule has 0 aliphatic heterocycles. The Morgan fingerprint density at radius 1 is 0.487 bits per heavy atom. The van der Waals surface area contributed by atoms with Gasteiger partial charge in [-0.1, -0.05) is 91.0 Å². The van der Waals surface area contributed by atoms with E-state index in [9.17, 15) is 0 Å². The lowest BCUT2D eigenvalue weighted by Crippen LogP contribution is -1.97. The molecule has 3 heterocycles. The first-order valence-corrected chi connectivity index (χ1v) is 13.0. The maximum absolute atomic E-state index is 6.20. The lowest BCUT2D eigenvalue weighted by Gasteiger charge is -2.13. The summed E-state index contributed by atoms with van der Waals surface area (Å²) < 4.78 is 6.20. The van der Waals surface area contributed by atoms with E-state index in [1.165, 1.54) is 0 Å². The maximum Gasteiger partial charge on any atom is 0.162 e. The van der Waals surface area contributed by atoms with Crippen LogP contribution in [0.5, 0.6) is 0 Å². The molecule has 0 spiro atoms. The van der Waals surface area contributed by atoms with Crippen molar-refractivity contribution in [2.24, 2.45) is 0 Å². The fraction of sp³-hybridized carbons (Fsp3) is 0. The van der Waals surface area contributed by atoms with Gasteiger partial charge in [-0.3, -0.25) is 4.98 Å². The van der Waals surface area contributed by atoms with Crippen LogP contribution in [0.1, 0.15) is 0 Å². The molecule has 4 heteroatoms. The van der Waals surface area contributed by atoms with E-state index in [0.717, 1.165) is 71.7 Å². The van der Waals surface area contributed by atoms with Crippen molar-refractivity contribution < 1.29 is 4.42 Å². The molecule has 3 aromatic heterocycles. The van der Waals surface area contributed by atoms with Gasteiger partial charge in [0.2, 0.25) is 0 Å². The molecule has 5 aromatic carbocycles. The van der Waals surface area contributed by atoms with E-state index < -0.39 is 0 Å². The van der Waals surface area contributed by atoms with E-state index in [1.54, 1.807) is 0 Å². The Balaban J connectivity index is 1.43. The second kappa shape index (κ2) is 8.61. The Kier molecular flexibility index (Phi) is 4.79. The predicted octanol–water partition coefficient (Wildman–Crippen LogP) is 9.08. The van der Waals surface area contributed by atoms with Gasteiger partial charge in [-0.25, -0.2) is 9.97 Å². The molecule has 0 atom stereocenters. The van der Waals surface area contributed by atoms with Gasteiger partial charge in [0.25, 0.3) is 0 Å². The maximum atomic E-state index is 6.20. The summed E-state index contributed by atoms with van der Waals surface area (Å²) in [6.07, 6.45) is 1.83. The van der Waals surface area contributed by atoms with Crippen LogP contribution in [0.3, 0.4) is 0 Å². The minimum atomic E-state index is 0.650. The molecular formula is C35H21N3O. The third-order valence-electron chi connectivity index (χ3n) is 7.36. The molecule has 0 fully saturated rings. The summed E-state index contributed by atoms with van der Waals surface area (Å²) in [5.41, 5.74) is 8.58. The molecule has 0 bridgehead atoms. The number of nitrogens with zero attached hydrogens (tertiary/aromatic N) is 3. The van der Waals surface area contributed by atoms with Gasteiger partial charge in [0.15, 0.2) is 5.82 Å². The topological polar surface area (TPSA) is 51.8 Å². The van der Waals surface area contributed by atoms with Gasteiger partial charge in [-0.05, 0) is 41.5 Å². The molecule has 0 saturated carbocycles. The number of furan rings is 1. The number of pyridine rings is 1. The van der Waals surface area contributed by atoms with Crippen molar-refractivity contribution in [3.05, 3.63) is 128 Å². The molecule has 0 N–H and O–H groups in total. The van der Waals surface area contributed by atoms with Crippen LogP contribution >= 0.6 is 0 Å². The molecule has 39 heavy (non-hydrogen) atoms. The number of hydrogen-bond acceptors (Lipinski definition) is 4. The molecule has 4 nitrogen and oxygen atoms in total. The number of benzene rings is 5. The smallest absolute Gasteiger partial charge is 0.162 e. The van der Waals surface area contributed by atoms with E-state index in [2.05, 4.69) is 60.7 Å². The summed E-state index contributed by atoms with van der Waals surface area (Å²) in [4.78, 5) is 15.1. The average molecular weight is 500 g/mol. The van der Waals surface area contributed by atoms with Gasteiger partial charge in [-0.15, -0.1) is 0 Å². The lowest BCUT2D eigenvalue weighted by atomic mass is 9.97. The molecule has 182 valence electrons. The average Bonchev–Trinajstić information content (AvgIpc) is 3.39. The number of aromatic nitrogens is 3. The zero-order valence-electron chi connectivity index (χ0n) is 20.9. The van der Waals surface area contributed by atoms with Crippen LogP contribution < -0.4 is 0 Å². The highest BCUT2D eigenvalue weighted by Crippen LogP contribution is 2.40. The van der Waals surface area contributed by atoms with Crippen molar-refractivity contribution in [1.29, 1.82) is 0 Å². The van der Waals surface area contributed by atoms with E-state index in [0.29, 0.717) is 5.82 Å². The number of hydrogen-bond donors (Lipinski definition) is 0. The van der Waals surface area contributed by atoms with E-state index in [4.69, 9.17) is 19.4 Å². The summed E-state index contributed by atoms with van der Waals surface area (Å²) in [5.74, 6) is 0.650. The lowest BCUT2D eigenvalue weighted by molar-refractivity contribution is 0.669. The third-order valence-corrected chi connectivity index (χ3v) is 7.36.